The molecular formula is C19H27N3O2. The number of aryl methyl sites for hydroxylation is 1. The van der Waals surface area contributed by atoms with Gasteiger partial charge in [0.05, 0.1) is 6.54 Å². The molecule has 130 valence electrons. The fourth-order valence-electron chi connectivity index (χ4n) is 3.64. The Bertz CT molecular complexity index is 588. The van der Waals surface area contributed by atoms with E-state index in [1.54, 1.807) is 0 Å². The van der Waals surface area contributed by atoms with E-state index in [1.165, 1.54) is 0 Å². The molecule has 3 rings (SSSR count). The smallest absolute Gasteiger partial charge is 0.238 e. The highest BCUT2D eigenvalue weighted by atomic mass is 16.2. The van der Waals surface area contributed by atoms with Crippen LogP contribution in [0, 0.1) is 12.8 Å². The summed E-state index contributed by atoms with van der Waals surface area (Å²) in [4.78, 5) is 28.8. The number of nitrogens with zero attached hydrogens (tertiary/aromatic N) is 2. The average molecular weight is 329 g/mol. The maximum atomic E-state index is 12.4. The third-order valence-electron chi connectivity index (χ3n) is 5.14. The molecule has 0 bridgehead atoms. The van der Waals surface area contributed by atoms with Crippen LogP contribution in [0.25, 0.3) is 0 Å². The van der Waals surface area contributed by atoms with Crippen molar-refractivity contribution in [2.24, 2.45) is 5.92 Å². The average Bonchev–Trinajstić information content (AvgIpc) is 3.11. The van der Waals surface area contributed by atoms with Gasteiger partial charge < -0.3 is 10.2 Å². The fraction of sp³-hybridized carbons (Fsp3) is 0.579. The molecule has 2 amide bonds. The Labute approximate surface area is 144 Å². The number of carbonyl (C=O) groups excluding carboxylic acids is 2. The topological polar surface area (TPSA) is 52.7 Å². The number of amides is 2. The number of piperidine rings is 1. The van der Waals surface area contributed by atoms with E-state index in [9.17, 15) is 9.59 Å². The first-order valence-electron chi connectivity index (χ1n) is 9.00. The largest absolute Gasteiger partial charge is 0.342 e. The molecule has 0 radical (unpaired) electrons. The first-order valence-corrected chi connectivity index (χ1v) is 9.00. The van der Waals surface area contributed by atoms with Gasteiger partial charge in [-0.3, -0.25) is 14.5 Å². The van der Waals surface area contributed by atoms with Crippen molar-refractivity contribution < 1.29 is 9.59 Å². The van der Waals surface area contributed by atoms with E-state index in [2.05, 4.69) is 10.2 Å². The molecule has 0 aromatic heterocycles. The summed E-state index contributed by atoms with van der Waals surface area (Å²) in [7, 11) is 0. The summed E-state index contributed by atoms with van der Waals surface area (Å²) in [6, 6.07) is 7.81. The second-order valence-electron chi connectivity index (χ2n) is 6.95. The molecule has 2 heterocycles. The van der Waals surface area contributed by atoms with Crippen molar-refractivity contribution in [2.75, 3.05) is 38.0 Å². The first-order chi connectivity index (χ1) is 11.6. The van der Waals surface area contributed by atoms with Crippen molar-refractivity contribution >= 4 is 17.5 Å². The minimum atomic E-state index is 0.0219. The number of anilines is 1. The van der Waals surface area contributed by atoms with Crippen LogP contribution in [0.15, 0.2) is 24.3 Å². The molecule has 0 spiro atoms. The highest BCUT2D eigenvalue weighted by molar-refractivity contribution is 5.93. The van der Waals surface area contributed by atoms with Gasteiger partial charge in [0.15, 0.2) is 0 Å². The Balaban J connectivity index is 1.44. The summed E-state index contributed by atoms with van der Waals surface area (Å²) < 4.78 is 0. The van der Waals surface area contributed by atoms with E-state index in [-0.39, 0.29) is 11.8 Å². The Morgan fingerprint density at radius 1 is 1.08 bits per heavy atom. The van der Waals surface area contributed by atoms with Crippen molar-refractivity contribution in [3.8, 4) is 0 Å². The van der Waals surface area contributed by atoms with Gasteiger partial charge in [-0.2, -0.15) is 0 Å². The molecule has 24 heavy (non-hydrogen) atoms. The number of hydrogen-bond donors (Lipinski definition) is 1. The summed E-state index contributed by atoms with van der Waals surface area (Å²) >= 11 is 0. The van der Waals surface area contributed by atoms with E-state index < -0.39 is 0 Å². The van der Waals surface area contributed by atoms with Crippen molar-refractivity contribution in [3.05, 3.63) is 29.8 Å². The predicted octanol–water partition coefficient (Wildman–Crippen LogP) is 2.27. The lowest BCUT2D eigenvalue weighted by Gasteiger charge is -2.32. The van der Waals surface area contributed by atoms with Crippen LogP contribution in [0.2, 0.25) is 0 Å². The first kappa shape index (κ1) is 17.0. The number of benzene rings is 1. The Morgan fingerprint density at radius 3 is 2.42 bits per heavy atom. The van der Waals surface area contributed by atoms with Crippen LogP contribution < -0.4 is 5.32 Å². The molecule has 1 N–H and O–H groups in total. The molecule has 1 aromatic carbocycles. The predicted molar refractivity (Wildman–Crippen MR) is 94.8 cm³/mol. The van der Waals surface area contributed by atoms with Crippen molar-refractivity contribution in [1.82, 2.24) is 9.80 Å². The number of hydrogen-bond acceptors (Lipinski definition) is 3. The SMILES string of the molecule is Cc1ccccc1NC(=O)CN1CCC(C(=O)N2CCCC2)CC1. The van der Waals surface area contributed by atoms with Gasteiger partial charge in [0, 0.05) is 24.7 Å². The third-order valence-corrected chi connectivity index (χ3v) is 5.14. The maximum absolute atomic E-state index is 12.4. The number of para-hydroxylation sites is 1. The highest BCUT2D eigenvalue weighted by Gasteiger charge is 2.30. The lowest BCUT2D eigenvalue weighted by Crippen LogP contribution is -2.43. The van der Waals surface area contributed by atoms with Crippen LogP contribution in [-0.2, 0) is 9.59 Å². The molecule has 0 aliphatic carbocycles. The van der Waals surface area contributed by atoms with E-state index in [1.807, 2.05) is 36.1 Å². The van der Waals surface area contributed by atoms with Gasteiger partial charge in [0.2, 0.25) is 11.8 Å². The van der Waals surface area contributed by atoms with Gasteiger partial charge >= 0.3 is 0 Å². The quantitative estimate of drug-likeness (QED) is 0.922. The van der Waals surface area contributed by atoms with Crippen LogP contribution in [0.1, 0.15) is 31.2 Å². The summed E-state index contributed by atoms with van der Waals surface area (Å²) in [6.07, 6.45) is 4.02. The number of rotatable bonds is 4. The van der Waals surface area contributed by atoms with Crippen LogP contribution in [0.3, 0.4) is 0 Å². The Hall–Kier alpha value is -1.88. The second kappa shape index (κ2) is 7.79. The van der Waals surface area contributed by atoms with E-state index in [4.69, 9.17) is 0 Å². The van der Waals surface area contributed by atoms with Gasteiger partial charge in [-0.25, -0.2) is 0 Å². The zero-order valence-electron chi connectivity index (χ0n) is 14.5. The zero-order valence-corrected chi connectivity index (χ0v) is 14.5. The van der Waals surface area contributed by atoms with E-state index >= 15 is 0 Å². The summed E-state index contributed by atoms with van der Waals surface area (Å²) in [6.45, 7) is 5.90. The fourth-order valence-corrected chi connectivity index (χ4v) is 3.64. The standard InChI is InChI=1S/C19H27N3O2/c1-15-6-2-3-7-17(15)20-18(23)14-21-12-8-16(9-13-21)19(24)22-10-4-5-11-22/h2-3,6-7,16H,4-5,8-14H2,1H3,(H,20,23). The summed E-state index contributed by atoms with van der Waals surface area (Å²) in [5, 5.41) is 2.98. The molecule has 5 heteroatoms. The van der Waals surface area contributed by atoms with Gasteiger partial charge in [0.25, 0.3) is 0 Å². The highest BCUT2D eigenvalue weighted by Crippen LogP contribution is 2.22. The van der Waals surface area contributed by atoms with E-state index in [0.29, 0.717) is 12.5 Å². The maximum Gasteiger partial charge on any atom is 0.238 e. The zero-order chi connectivity index (χ0) is 16.9. The van der Waals surface area contributed by atoms with Crippen LogP contribution in [0.4, 0.5) is 5.69 Å². The summed E-state index contributed by atoms with van der Waals surface area (Å²) in [5.74, 6) is 0.504. The van der Waals surface area contributed by atoms with Crippen molar-refractivity contribution in [3.63, 3.8) is 0 Å². The molecule has 2 aliphatic rings. The van der Waals surface area contributed by atoms with Gasteiger partial charge in [-0.1, -0.05) is 18.2 Å². The number of nitrogens with one attached hydrogen (secondary N) is 1. The van der Waals surface area contributed by atoms with Crippen LogP contribution in [0.5, 0.6) is 0 Å². The van der Waals surface area contributed by atoms with E-state index in [0.717, 1.165) is 63.1 Å². The van der Waals surface area contributed by atoms with Gasteiger partial charge in [-0.15, -0.1) is 0 Å². The molecule has 0 unspecified atom stereocenters. The molecule has 0 saturated carbocycles. The number of likely N-dealkylation sites (tertiary alicyclic amines) is 2. The van der Waals surface area contributed by atoms with Crippen LogP contribution in [-0.4, -0.2) is 54.3 Å². The molecule has 2 fully saturated rings. The molecule has 1 aromatic rings. The molecular weight excluding hydrogens is 302 g/mol. The molecule has 2 aliphatic heterocycles. The minimum Gasteiger partial charge on any atom is -0.342 e. The summed E-state index contributed by atoms with van der Waals surface area (Å²) in [5.41, 5.74) is 1.95. The lowest BCUT2D eigenvalue weighted by molar-refractivity contribution is -0.136. The van der Waals surface area contributed by atoms with Gasteiger partial charge in [-0.05, 0) is 57.3 Å². The normalized spacial score (nSPS) is 19.5. The van der Waals surface area contributed by atoms with Gasteiger partial charge in [0.1, 0.15) is 0 Å². The molecule has 2 saturated heterocycles. The number of carbonyl (C=O) groups is 2. The molecule has 0 atom stereocenters. The van der Waals surface area contributed by atoms with Crippen molar-refractivity contribution in [1.29, 1.82) is 0 Å². The monoisotopic (exact) mass is 329 g/mol. The third kappa shape index (κ3) is 4.15. The van der Waals surface area contributed by atoms with Crippen LogP contribution >= 0.6 is 0 Å². The Morgan fingerprint density at radius 2 is 1.75 bits per heavy atom. The van der Waals surface area contributed by atoms with Crippen molar-refractivity contribution in [2.45, 2.75) is 32.6 Å². The Kier molecular flexibility index (Phi) is 5.51. The second-order valence-corrected chi connectivity index (χ2v) is 6.95. The minimum absolute atomic E-state index is 0.0219. The lowest BCUT2D eigenvalue weighted by atomic mass is 9.95. The molecule has 5 nitrogen and oxygen atoms in total.